The van der Waals surface area contributed by atoms with Crippen molar-refractivity contribution in [2.75, 3.05) is 40.0 Å². The molecule has 17 heavy (non-hydrogen) atoms. The predicted molar refractivity (Wildman–Crippen MR) is 70.3 cm³/mol. The number of nitrogens with one attached hydrogen (secondary N) is 1. The Hall–Kier alpha value is -0.900. The van der Waals surface area contributed by atoms with Crippen LogP contribution in [0.4, 0.5) is 0 Å². The largest absolute Gasteiger partial charge is 0.385 e. The summed E-state index contributed by atoms with van der Waals surface area (Å²) in [6, 6.07) is 10.4. The van der Waals surface area contributed by atoms with Crippen molar-refractivity contribution in [3.8, 4) is 0 Å². The molecule has 0 amide bonds. The molecule has 0 radical (unpaired) electrons. The zero-order valence-electron chi connectivity index (χ0n) is 10.7. The highest BCUT2D eigenvalue weighted by atomic mass is 16.5. The third-order valence-electron chi connectivity index (χ3n) is 2.50. The summed E-state index contributed by atoms with van der Waals surface area (Å²) >= 11 is 0. The van der Waals surface area contributed by atoms with E-state index in [9.17, 15) is 0 Å². The van der Waals surface area contributed by atoms with Gasteiger partial charge in [0.1, 0.15) is 0 Å². The minimum atomic E-state index is 0.778. The molecule has 96 valence electrons. The van der Waals surface area contributed by atoms with Crippen molar-refractivity contribution in [3.63, 3.8) is 0 Å². The van der Waals surface area contributed by atoms with Crippen molar-refractivity contribution in [1.82, 2.24) is 5.32 Å². The molecule has 3 nitrogen and oxygen atoms in total. The van der Waals surface area contributed by atoms with Crippen LogP contribution in [0.5, 0.6) is 0 Å². The highest BCUT2D eigenvalue weighted by molar-refractivity contribution is 5.14. The first-order valence-corrected chi connectivity index (χ1v) is 6.25. The molecule has 0 heterocycles. The zero-order valence-corrected chi connectivity index (χ0v) is 10.7. The highest BCUT2D eigenvalue weighted by Crippen LogP contribution is 1.99. The summed E-state index contributed by atoms with van der Waals surface area (Å²) in [6.07, 6.45) is 2.05. The fraction of sp³-hybridized carbons (Fsp3) is 0.571. The van der Waals surface area contributed by atoms with Crippen molar-refractivity contribution in [2.24, 2.45) is 0 Å². The van der Waals surface area contributed by atoms with E-state index < -0.39 is 0 Å². The van der Waals surface area contributed by atoms with E-state index in [4.69, 9.17) is 9.47 Å². The van der Waals surface area contributed by atoms with Gasteiger partial charge in [0, 0.05) is 20.3 Å². The molecule has 0 fully saturated rings. The van der Waals surface area contributed by atoms with Gasteiger partial charge in [-0.25, -0.2) is 0 Å². The lowest BCUT2D eigenvalue weighted by Crippen LogP contribution is -2.22. The van der Waals surface area contributed by atoms with Crippen LogP contribution >= 0.6 is 0 Å². The van der Waals surface area contributed by atoms with Gasteiger partial charge < -0.3 is 14.8 Å². The molecule has 0 saturated heterocycles. The molecule has 1 aromatic carbocycles. The van der Waals surface area contributed by atoms with E-state index >= 15 is 0 Å². The second-order valence-electron chi connectivity index (χ2n) is 3.94. The number of rotatable bonds is 10. The molecule has 1 aromatic rings. The van der Waals surface area contributed by atoms with Gasteiger partial charge in [0.15, 0.2) is 0 Å². The van der Waals surface area contributed by atoms with Gasteiger partial charge in [0.05, 0.1) is 13.2 Å². The van der Waals surface area contributed by atoms with E-state index in [0.717, 1.165) is 45.8 Å². The van der Waals surface area contributed by atoms with Gasteiger partial charge in [0.2, 0.25) is 0 Å². The van der Waals surface area contributed by atoms with Crippen LogP contribution in [0.3, 0.4) is 0 Å². The van der Waals surface area contributed by atoms with Gasteiger partial charge in [0.25, 0.3) is 0 Å². The topological polar surface area (TPSA) is 30.5 Å². The average Bonchev–Trinajstić information content (AvgIpc) is 2.38. The van der Waals surface area contributed by atoms with Gasteiger partial charge in [-0.15, -0.1) is 0 Å². The van der Waals surface area contributed by atoms with Crippen molar-refractivity contribution in [1.29, 1.82) is 0 Å². The van der Waals surface area contributed by atoms with Crippen LogP contribution in [-0.2, 0) is 15.9 Å². The molecule has 0 aliphatic carbocycles. The smallest absolute Gasteiger partial charge is 0.0591 e. The van der Waals surface area contributed by atoms with Crippen LogP contribution in [0.15, 0.2) is 30.3 Å². The van der Waals surface area contributed by atoms with E-state index in [0.29, 0.717) is 0 Å². The summed E-state index contributed by atoms with van der Waals surface area (Å²) in [6.45, 7) is 4.31. The maximum atomic E-state index is 5.55. The van der Waals surface area contributed by atoms with Crippen LogP contribution in [0.2, 0.25) is 0 Å². The predicted octanol–water partition coefficient (Wildman–Crippen LogP) is 1.87. The fourth-order valence-electron chi connectivity index (χ4n) is 1.55. The van der Waals surface area contributed by atoms with Gasteiger partial charge in [-0.05, 0) is 24.9 Å². The van der Waals surface area contributed by atoms with Gasteiger partial charge in [-0.1, -0.05) is 30.3 Å². The Morgan fingerprint density at radius 2 is 1.82 bits per heavy atom. The molecule has 0 spiro atoms. The van der Waals surface area contributed by atoms with Crippen molar-refractivity contribution >= 4 is 0 Å². The summed E-state index contributed by atoms with van der Waals surface area (Å²) in [5.41, 5.74) is 1.33. The van der Waals surface area contributed by atoms with Crippen LogP contribution in [0, 0.1) is 0 Å². The number of ether oxygens (including phenoxy) is 2. The number of hydrogen-bond donors (Lipinski definition) is 1. The first kappa shape index (κ1) is 14.2. The minimum Gasteiger partial charge on any atom is -0.385 e. The third kappa shape index (κ3) is 7.91. The minimum absolute atomic E-state index is 0.778. The first-order valence-electron chi connectivity index (χ1n) is 6.25. The molecule has 3 heteroatoms. The molecule has 0 unspecified atom stereocenters. The molecular formula is C14H23NO2. The van der Waals surface area contributed by atoms with Gasteiger partial charge >= 0.3 is 0 Å². The third-order valence-corrected chi connectivity index (χ3v) is 2.50. The molecule has 0 bridgehead atoms. The molecule has 0 saturated carbocycles. The van der Waals surface area contributed by atoms with Crippen molar-refractivity contribution in [3.05, 3.63) is 35.9 Å². The number of hydrogen-bond acceptors (Lipinski definition) is 3. The highest BCUT2D eigenvalue weighted by Gasteiger charge is 1.92. The SMILES string of the molecule is COCCCNCCOCCc1ccccc1. The Morgan fingerprint density at radius 1 is 1.00 bits per heavy atom. The second-order valence-corrected chi connectivity index (χ2v) is 3.94. The lowest BCUT2D eigenvalue weighted by molar-refractivity contribution is 0.137. The van der Waals surface area contributed by atoms with E-state index in [-0.39, 0.29) is 0 Å². The molecular weight excluding hydrogens is 214 g/mol. The molecule has 0 aromatic heterocycles. The monoisotopic (exact) mass is 237 g/mol. The van der Waals surface area contributed by atoms with Crippen LogP contribution < -0.4 is 5.32 Å². The normalized spacial score (nSPS) is 10.6. The molecule has 0 aliphatic rings. The first-order chi connectivity index (χ1) is 8.43. The van der Waals surface area contributed by atoms with E-state index in [1.165, 1.54) is 5.56 Å². The van der Waals surface area contributed by atoms with Crippen LogP contribution in [0.25, 0.3) is 0 Å². The molecule has 0 atom stereocenters. The molecule has 1 N–H and O–H groups in total. The van der Waals surface area contributed by atoms with Gasteiger partial charge in [-0.2, -0.15) is 0 Å². The van der Waals surface area contributed by atoms with Crippen molar-refractivity contribution in [2.45, 2.75) is 12.8 Å². The Labute approximate surface area is 104 Å². The summed E-state index contributed by atoms with van der Waals surface area (Å²) in [5.74, 6) is 0. The van der Waals surface area contributed by atoms with Crippen molar-refractivity contribution < 1.29 is 9.47 Å². The summed E-state index contributed by atoms with van der Waals surface area (Å²) in [5, 5.41) is 3.31. The lowest BCUT2D eigenvalue weighted by Gasteiger charge is -2.06. The maximum Gasteiger partial charge on any atom is 0.0591 e. The maximum absolute atomic E-state index is 5.55. The number of benzene rings is 1. The summed E-state index contributed by atoms with van der Waals surface area (Å²) < 4.78 is 10.5. The van der Waals surface area contributed by atoms with Crippen LogP contribution in [0.1, 0.15) is 12.0 Å². The number of methoxy groups -OCH3 is 1. The Bertz CT molecular complexity index is 264. The fourth-order valence-corrected chi connectivity index (χ4v) is 1.55. The Morgan fingerprint density at radius 3 is 2.59 bits per heavy atom. The van der Waals surface area contributed by atoms with E-state index in [1.807, 2.05) is 6.07 Å². The van der Waals surface area contributed by atoms with Gasteiger partial charge in [-0.3, -0.25) is 0 Å². The van der Waals surface area contributed by atoms with Crippen LogP contribution in [-0.4, -0.2) is 40.0 Å². The second kappa shape index (κ2) is 10.3. The zero-order chi connectivity index (χ0) is 12.2. The average molecular weight is 237 g/mol. The standard InChI is InChI=1S/C14H23NO2/c1-16-11-5-9-15-10-13-17-12-8-14-6-3-2-4-7-14/h2-4,6-7,15H,5,8-13H2,1H3. The summed E-state index contributed by atoms with van der Waals surface area (Å²) in [7, 11) is 1.73. The molecule has 1 rings (SSSR count). The Balaban J connectivity index is 1.85. The summed E-state index contributed by atoms with van der Waals surface area (Å²) in [4.78, 5) is 0. The molecule has 0 aliphatic heterocycles. The Kier molecular flexibility index (Phi) is 8.55. The van der Waals surface area contributed by atoms with E-state index in [2.05, 4.69) is 29.6 Å². The quantitative estimate of drug-likeness (QED) is 0.630. The van der Waals surface area contributed by atoms with E-state index in [1.54, 1.807) is 7.11 Å². The lowest BCUT2D eigenvalue weighted by atomic mass is 10.2.